The number of furan rings is 1. The zero-order valence-electron chi connectivity index (χ0n) is 11.8. The van der Waals surface area contributed by atoms with Crippen molar-refractivity contribution >= 4 is 0 Å². The minimum absolute atomic E-state index is 0.0739. The average molecular weight is 270 g/mol. The van der Waals surface area contributed by atoms with Gasteiger partial charge in [0, 0.05) is 12.8 Å². The highest BCUT2D eigenvalue weighted by Gasteiger charge is 2.58. The first-order valence-electron chi connectivity index (χ1n) is 7.07. The predicted molar refractivity (Wildman–Crippen MR) is 74.3 cm³/mol. The van der Waals surface area contributed by atoms with E-state index in [1.807, 2.05) is 19.9 Å². The maximum atomic E-state index is 6.40. The van der Waals surface area contributed by atoms with Gasteiger partial charge >= 0.3 is 0 Å². The van der Waals surface area contributed by atoms with Crippen LogP contribution in [0, 0.1) is 0 Å². The van der Waals surface area contributed by atoms with Gasteiger partial charge in [-0.2, -0.15) is 0 Å². The van der Waals surface area contributed by atoms with Crippen molar-refractivity contribution in [2.75, 3.05) is 0 Å². The Morgan fingerprint density at radius 1 is 1.20 bits per heavy atom. The van der Waals surface area contributed by atoms with Gasteiger partial charge in [-0.25, -0.2) is 0 Å². The maximum absolute atomic E-state index is 6.40. The first kappa shape index (κ1) is 12.2. The zero-order valence-corrected chi connectivity index (χ0v) is 11.8. The van der Waals surface area contributed by atoms with Gasteiger partial charge in [0.15, 0.2) is 5.79 Å². The molecule has 2 aliphatic rings. The standard InChI is InChI=1S/C17H18O3/c1-16(2)19-15-9-13-5-3-4-6-14(13)17(15,20-16)10-12-7-8-18-11-12/h3-8,11,15H,9-10H2,1-2H3/t15-,17+/m0/s1. The second kappa shape index (κ2) is 3.96. The van der Waals surface area contributed by atoms with E-state index in [9.17, 15) is 0 Å². The minimum atomic E-state index is -0.540. The third-order valence-corrected chi connectivity index (χ3v) is 4.30. The first-order valence-corrected chi connectivity index (χ1v) is 7.07. The molecule has 0 radical (unpaired) electrons. The molecule has 3 heteroatoms. The van der Waals surface area contributed by atoms with Crippen LogP contribution in [0.25, 0.3) is 0 Å². The van der Waals surface area contributed by atoms with Crippen LogP contribution < -0.4 is 0 Å². The molecule has 0 unspecified atom stereocenters. The number of rotatable bonds is 2. The fourth-order valence-electron chi connectivity index (χ4n) is 3.65. The molecule has 0 spiro atoms. The van der Waals surface area contributed by atoms with Gasteiger partial charge in [0.25, 0.3) is 0 Å². The van der Waals surface area contributed by atoms with Crippen LogP contribution in [0.5, 0.6) is 0 Å². The Hall–Kier alpha value is -1.58. The third kappa shape index (κ3) is 1.67. The van der Waals surface area contributed by atoms with Crippen molar-refractivity contribution < 1.29 is 13.9 Å². The van der Waals surface area contributed by atoms with E-state index in [2.05, 4.69) is 24.3 Å². The normalized spacial score (nSPS) is 30.2. The Kier molecular flexibility index (Phi) is 2.41. The molecule has 1 fully saturated rings. The molecule has 1 aromatic heterocycles. The SMILES string of the molecule is CC1(C)O[C@H]2Cc3ccccc3[C@@]2(Cc2ccoc2)O1. The zero-order chi connectivity index (χ0) is 13.8. The van der Waals surface area contributed by atoms with Crippen LogP contribution in [0.2, 0.25) is 0 Å². The molecule has 2 atom stereocenters. The summed E-state index contributed by atoms with van der Waals surface area (Å²) in [5.74, 6) is -0.540. The summed E-state index contributed by atoms with van der Waals surface area (Å²) in [6.07, 6.45) is 5.28. The molecule has 0 bridgehead atoms. The fraction of sp³-hybridized carbons (Fsp3) is 0.412. The Bertz CT molecular complexity index is 629. The van der Waals surface area contributed by atoms with E-state index in [0.717, 1.165) is 18.4 Å². The molecule has 0 amide bonds. The summed E-state index contributed by atoms with van der Waals surface area (Å²) in [4.78, 5) is 0. The quantitative estimate of drug-likeness (QED) is 0.838. The smallest absolute Gasteiger partial charge is 0.164 e. The molecule has 20 heavy (non-hydrogen) atoms. The van der Waals surface area contributed by atoms with Crippen LogP contribution in [-0.2, 0) is 27.9 Å². The molecule has 3 nitrogen and oxygen atoms in total. The molecule has 1 aromatic carbocycles. The highest BCUT2D eigenvalue weighted by atomic mass is 16.8. The third-order valence-electron chi connectivity index (χ3n) is 4.30. The molecular weight excluding hydrogens is 252 g/mol. The molecule has 1 aliphatic heterocycles. The lowest BCUT2D eigenvalue weighted by Gasteiger charge is -2.29. The van der Waals surface area contributed by atoms with Crippen molar-refractivity contribution in [3.63, 3.8) is 0 Å². The molecule has 2 heterocycles. The number of ether oxygens (including phenoxy) is 2. The van der Waals surface area contributed by atoms with Crippen LogP contribution in [0.3, 0.4) is 0 Å². The first-order chi connectivity index (χ1) is 9.59. The van der Waals surface area contributed by atoms with E-state index >= 15 is 0 Å². The fourth-order valence-corrected chi connectivity index (χ4v) is 3.65. The van der Waals surface area contributed by atoms with E-state index in [0.29, 0.717) is 0 Å². The molecule has 1 saturated heterocycles. The van der Waals surface area contributed by atoms with E-state index in [1.54, 1.807) is 12.5 Å². The summed E-state index contributed by atoms with van der Waals surface area (Å²) in [6, 6.07) is 10.5. The Morgan fingerprint density at radius 2 is 2.05 bits per heavy atom. The number of benzene rings is 1. The highest BCUT2D eigenvalue weighted by molar-refractivity contribution is 5.42. The monoisotopic (exact) mass is 270 g/mol. The van der Waals surface area contributed by atoms with Crippen molar-refractivity contribution in [2.45, 2.75) is 44.2 Å². The van der Waals surface area contributed by atoms with E-state index in [-0.39, 0.29) is 11.7 Å². The maximum Gasteiger partial charge on any atom is 0.164 e. The van der Waals surface area contributed by atoms with Crippen LogP contribution in [0.4, 0.5) is 0 Å². The topological polar surface area (TPSA) is 31.6 Å². The van der Waals surface area contributed by atoms with Gasteiger partial charge in [0.1, 0.15) is 5.60 Å². The molecule has 1 aliphatic carbocycles. The lowest BCUT2D eigenvalue weighted by atomic mass is 9.88. The van der Waals surface area contributed by atoms with Crippen molar-refractivity contribution in [3.8, 4) is 0 Å². The van der Waals surface area contributed by atoms with Crippen molar-refractivity contribution in [1.82, 2.24) is 0 Å². The van der Waals surface area contributed by atoms with E-state index in [4.69, 9.17) is 13.9 Å². The molecule has 0 saturated carbocycles. The van der Waals surface area contributed by atoms with Crippen LogP contribution in [-0.4, -0.2) is 11.9 Å². The average Bonchev–Trinajstić information content (AvgIpc) is 3.03. The summed E-state index contributed by atoms with van der Waals surface area (Å²) in [5.41, 5.74) is 3.35. The molecule has 104 valence electrons. The molecule has 0 N–H and O–H groups in total. The minimum Gasteiger partial charge on any atom is -0.472 e. The van der Waals surface area contributed by atoms with E-state index < -0.39 is 5.79 Å². The van der Waals surface area contributed by atoms with Gasteiger partial charge in [-0.05, 0) is 36.6 Å². The Balaban J connectivity index is 1.82. The second-order valence-electron chi connectivity index (χ2n) is 6.17. The Morgan fingerprint density at radius 3 is 2.85 bits per heavy atom. The second-order valence-corrected chi connectivity index (χ2v) is 6.17. The highest BCUT2D eigenvalue weighted by Crippen LogP contribution is 2.52. The number of hydrogen-bond donors (Lipinski definition) is 0. The molecule has 2 aromatic rings. The van der Waals surface area contributed by atoms with Crippen LogP contribution in [0.15, 0.2) is 47.3 Å². The lowest BCUT2D eigenvalue weighted by Crippen LogP contribution is -2.36. The van der Waals surface area contributed by atoms with Crippen LogP contribution >= 0.6 is 0 Å². The predicted octanol–water partition coefficient (Wildman–Crippen LogP) is 3.43. The molecule has 4 rings (SSSR count). The van der Waals surface area contributed by atoms with Gasteiger partial charge in [-0.15, -0.1) is 0 Å². The summed E-state index contributed by atoms with van der Waals surface area (Å²) in [5, 5.41) is 0. The van der Waals surface area contributed by atoms with Gasteiger partial charge in [0.2, 0.25) is 0 Å². The van der Waals surface area contributed by atoms with Gasteiger partial charge in [-0.3, -0.25) is 0 Å². The van der Waals surface area contributed by atoms with Gasteiger partial charge in [-0.1, -0.05) is 24.3 Å². The summed E-state index contributed by atoms with van der Waals surface area (Å²) >= 11 is 0. The van der Waals surface area contributed by atoms with Crippen molar-refractivity contribution in [1.29, 1.82) is 0 Å². The van der Waals surface area contributed by atoms with Gasteiger partial charge < -0.3 is 13.9 Å². The van der Waals surface area contributed by atoms with Gasteiger partial charge in [0.05, 0.1) is 18.6 Å². The van der Waals surface area contributed by atoms with Crippen LogP contribution in [0.1, 0.15) is 30.5 Å². The summed E-state index contributed by atoms with van der Waals surface area (Å²) in [6.45, 7) is 3.98. The summed E-state index contributed by atoms with van der Waals surface area (Å²) < 4.78 is 17.8. The Labute approximate surface area is 118 Å². The number of fused-ring (bicyclic) bond motifs is 3. The van der Waals surface area contributed by atoms with Crippen molar-refractivity contribution in [2.24, 2.45) is 0 Å². The summed E-state index contributed by atoms with van der Waals surface area (Å²) in [7, 11) is 0. The largest absolute Gasteiger partial charge is 0.472 e. The van der Waals surface area contributed by atoms with E-state index in [1.165, 1.54) is 11.1 Å². The van der Waals surface area contributed by atoms with Crippen molar-refractivity contribution in [3.05, 3.63) is 59.5 Å². The number of hydrogen-bond acceptors (Lipinski definition) is 3. The molecular formula is C17H18O3. The lowest BCUT2D eigenvalue weighted by molar-refractivity contribution is -0.166.